The molecule has 0 aliphatic carbocycles. The van der Waals surface area contributed by atoms with Crippen LogP contribution in [-0.4, -0.2) is 36.6 Å². The second-order valence-electron chi connectivity index (χ2n) is 8.40. The van der Waals surface area contributed by atoms with Gasteiger partial charge in [0.15, 0.2) is 18.1 Å². The van der Waals surface area contributed by atoms with Crippen LogP contribution < -0.4 is 9.47 Å². The predicted octanol–water partition coefficient (Wildman–Crippen LogP) is 6.07. The van der Waals surface area contributed by atoms with Crippen LogP contribution in [-0.2, 0) is 4.79 Å². The largest absolute Gasteiger partial charge is 0.493 e. The molecule has 4 aromatic carbocycles. The number of methoxy groups -OCH3 is 1. The summed E-state index contributed by atoms with van der Waals surface area (Å²) in [4.78, 5) is 24.5. The third kappa shape index (κ3) is 4.68. The van der Waals surface area contributed by atoms with Crippen molar-refractivity contribution in [2.24, 2.45) is 5.10 Å². The molecule has 0 N–H and O–H groups in total. The van der Waals surface area contributed by atoms with Gasteiger partial charge in [0, 0.05) is 22.6 Å². The highest BCUT2D eigenvalue weighted by molar-refractivity contribution is 6.30. The van der Waals surface area contributed by atoms with Gasteiger partial charge in [-0.05, 0) is 46.7 Å². The molecule has 1 heterocycles. The summed E-state index contributed by atoms with van der Waals surface area (Å²) in [6, 6.07) is 26.2. The fourth-order valence-corrected chi connectivity index (χ4v) is 4.53. The Morgan fingerprint density at radius 2 is 1.81 bits per heavy atom. The molecular formula is C29H23ClN2O4. The molecule has 0 spiro atoms. The van der Waals surface area contributed by atoms with Crippen LogP contribution in [0.5, 0.6) is 11.5 Å². The number of nitrogens with zero attached hydrogens (tertiary/aromatic N) is 2. The molecule has 0 radical (unpaired) electrons. The number of hydrogen-bond acceptors (Lipinski definition) is 5. The summed E-state index contributed by atoms with van der Waals surface area (Å²) in [5.41, 5.74) is 3.21. The van der Waals surface area contributed by atoms with Gasteiger partial charge in [0.05, 0.1) is 18.9 Å². The molecule has 7 heteroatoms. The lowest BCUT2D eigenvalue weighted by atomic mass is 9.95. The number of carbonyl (C=O) groups excluding carboxylic acids is 2. The minimum atomic E-state index is -0.299. The van der Waals surface area contributed by atoms with E-state index in [4.69, 9.17) is 26.2 Å². The Hall–Kier alpha value is -4.16. The summed E-state index contributed by atoms with van der Waals surface area (Å²) in [5.74, 6) is 0.451. The van der Waals surface area contributed by atoms with Crippen LogP contribution in [0, 0.1) is 0 Å². The highest BCUT2D eigenvalue weighted by atomic mass is 35.5. The van der Waals surface area contributed by atoms with Crippen molar-refractivity contribution in [3.63, 3.8) is 0 Å². The third-order valence-corrected chi connectivity index (χ3v) is 6.45. The normalized spacial score (nSPS) is 15.0. The molecule has 0 saturated carbocycles. The van der Waals surface area contributed by atoms with Crippen molar-refractivity contribution in [3.05, 3.63) is 107 Å². The smallest absolute Gasteiger partial charge is 0.281 e. The van der Waals surface area contributed by atoms with Gasteiger partial charge in [0.25, 0.3) is 5.91 Å². The number of rotatable bonds is 7. The Morgan fingerprint density at radius 3 is 2.58 bits per heavy atom. The van der Waals surface area contributed by atoms with Gasteiger partial charge in [-0.2, -0.15) is 5.10 Å². The van der Waals surface area contributed by atoms with E-state index in [1.54, 1.807) is 18.2 Å². The number of hydrogen-bond donors (Lipinski definition) is 0. The number of ether oxygens (including phenoxy) is 2. The predicted molar refractivity (Wildman–Crippen MR) is 140 cm³/mol. The molecule has 0 aromatic heterocycles. The van der Waals surface area contributed by atoms with Crippen LogP contribution in [0.4, 0.5) is 0 Å². The van der Waals surface area contributed by atoms with E-state index in [1.807, 2.05) is 48.5 Å². The number of fused-ring (bicyclic) bond motifs is 1. The summed E-state index contributed by atoms with van der Waals surface area (Å²) in [7, 11) is 1.48. The molecule has 5 rings (SSSR count). The third-order valence-electron chi connectivity index (χ3n) is 6.20. The lowest BCUT2D eigenvalue weighted by Crippen LogP contribution is -2.31. The molecule has 0 saturated heterocycles. The number of aldehydes is 1. The highest BCUT2D eigenvalue weighted by Gasteiger charge is 2.34. The molecule has 4 aromatic rings. The lowest BCUT2D eigenvalue weighted by molar-refractivity contribution is -0.135. The Labute approximate surface area is 213 Å². The van der Waals surface area contributed by atoms with Crippen molar-refractivity contribution in [2.45, 2.75) is 12.5 Å². The van der Waals surface area contributed by atoms with E-state index in [0.717, 1.165) is 33.9 Å². The first kappa shape index (κ1) is 23.6. The maximum atomic E-state index is 13.4. The van der Waals surface area contributed by atoms with Crippen LogP contribution in [0.2, 0.25) is 5.02 Å². The molecule has 180 valence electrons. The first-order chi connectivity index (χ1) is 17.6. The minimum absolute atomic E-state index is 0.243. The van der Waals surface area contributed by atoms with E-state index in [2.05, 4.69) is 18.2 Å². The number of halogens is 1. The van der Waals surface area contributed by atoms with Crippen LogP contribution in [0.3, 0.4) is 0 Å². The summed E-state index contributed by atoms with van der Waals surface area (Å²) >= 11 is 6.11. The standard InChI is InChI=1S/C29H23ClN2O4/c1-35-28-15-19(17-33)9-14-27(28)36-18-29(34)32-26(21-10-12-22(30)13-11-21)16-25(31-32)24-8-4-6-20-5-2-3-7-23(20)24/h2-15,17,26H,16,18H2,1H3. The summed E-state index contributed by atoms with van der Waals surface area (Å²) in [6.07, 6.45) is 1.28. The maximum Gasteiger partial charge on any atom is 0.281 e. The van der Waals surface area contributed by atoms with Gasteiger partial charge < -0.3 is 9.47 Å². The van der Waals surface area contributed by atoms with Crippen molar-refractivity contribution in [3.8, 4) is 11.5 Å². The number of carbonyl (C=O) groups is 2. The number of benzene rings is 4. The van der Waals surface area contributed by atoms with Gasteiger partial charge in [0.2, 0.25) is 0 Å². The van der Waals surface area contributed by atoms with Crippen molar-refractivity contribution < 1.29 is 19.1 Å². The fraction of sp³-hybridized carbons (Fsp3) is 0.138. The van der Waals surface area contributed by atoms with Crippen molar-refractivity contribution in [2.75, 3.05) is 13.7 Å². The van der Waals surface area contributed by atoms with Crippen molar-refractivity contribution >= 4 is 40.3 Å². The van der Waals surface area contributed by atoms with Gasteiger partial charge in [-0.15, -0.1) is 0 Å². The molecule has 36 heavy (non-hydrogen) atoms. The highest BCUT2D eigenvalue weighted by Crippen LogP contribution is 2.35. The van der Waals surface area contributed by atoms with Gasteiger partial charge in [-0.3, -0.25) is 9.59 Å². The van der Waals surface area contributed by atoms with E-state index in [9.17, 15) is 9.59 Å². The molecule has 0 bridgehead atoms. The molecule has 1 atom stereocenters. The number of amides is 1. The summed E-state index contributed by atoms with van der Waals surface area (Å²) < 4.78 is 11.1. The van der Waals surface area contributed by atoms with Crippen LogP contribution in [0.25, 0.3) is 10.8 Å². The molecule has 1 unspecified atom stereocenters. The Kier molecular flexibility index (Phi) is 6.69. The topological polar surface area (TPSA) is 68.2 Å². The first-order valence-electron chi connectivity index (χ1n) is 11.5. The lowest BCUT2D eigenvalue weighted by Gasteiger charge is -2.22. The van der Waals surface area contributed by atoms with Crippen molar-refractivity contribution in [1.82, 2.24) is 5.01 Å². The Balaban J connectivity index is 1.46. The molecule has 6 nitrogen and oxygen atoms in total. The van der Waals surface area contributed by atoms with E-state index in [-0.39, 0.29) is 18.6 Å². The Bertz CT molecular complexity index is 1460. The summed E-state index contributed by atoms with van der Waals surface area (Å²) in [5, 5.41) is 9.09. The second kappa shape index (κ2) is 10.2. The van der Waals surface area contributed by atoms with E-state index in [0.29, 0.717) is 28.5 Å². The molecular weight excluding hydrogens is 476 g/mol. The quantitative estimate of drug-likeness (QED) is 0.290. The van der Waals surface area contributed by atoms with Gasteiger partial charge >= 0.3 is 0 Å². The molecule has 1 aliphatic heterocycles. The van der Waals surface area contributed by atoms with Crippen LogP contribution in [0.15, 0.2) is 90.0 Å². The zero-order valence-corrected chi connectivity index (χ0v) is 20.3. The first-order valence-corrected chi connectivity index (χ1v) is 11.8. The van der Waals surface area contributed by atoms with Gasteiger partial charge in [-0.25, -0.2) is 5.01 Å². The zero-order chi connectivity index (χ0) is 25.1. The van der Waals surface area contributed by atoms with E-state index >= 15 is 0 Å². The molecule has 1 amide bonds. The van der Waals surface area contributed by atoms with Crippen LogP contribution >= 0.6 is 11.6 Å². The summed E-state index contributed by atoms with van der Waals surface area (Å²) in [6.45, 7) is -0.243. The molecule has 1 aliphatic rings. The van der Waals surface area contributed by atoms with Gasteiger partial charge in [0.1, 0.15) is 6.29 Å². The zero-order valence-electron chi connectivity index (χ0n) is 19.6. The van der Waals surface area contributed by atoms with Crippen LogP contribution in [0.1, 0.15) is 33.9 Å². The minimum Gasteiger partial charge on any atom is -0.493 e. The second-order valence-corrected chi connectivity index (χ2v) is 8.84. The van der Waals surface area contributed by atoms with Gasteiger partial charge in [-0.1, -0.05) is 66.2 Å². The number of hydrazone groups is 1. The monoisotopic (exact) mass is 498 g/mol. The van der Waals surface area contributed by atoms with Crippen molar-refractivity contribution in [1.29, 1.82) is 0 Å². The fourth-order valence-electron chi connectivity index (χ4n) is 4.41. The average Bonchev–Trinajstić information content (AvgIpc) is 3.37. The molecule has 0 fully saturated rings. The maximum absolute atomic E-state index is 13.4. The SMILES string of the molecule is COc1cc(C=O)ccc1OCC(=O)N1N=C(c2cccc3ccccc23)CC1c1ccc(Cl)cc1. The Morgan fingerprint density at radius 1 is 1.03 bits per heavy atom. The average molecular weight is 499 g/mol. The van der Waals surface area contributed by atoms with E-state index in [1.165, 1.54) is 12.1 Å². The van der Waals surface area contributed by atoms with E-state index < -0.39 is 0 Å².